The summed E-state index contributed by atoms with van der Waals surface area (Å²) in [5, 5.41) is 14.0. The van der Waals surface area contributed by atoms with Gasteiger partial charge in [-0.1, -0.05) is 23.4 Å². The van der Waals surface area contributed by atoms with Gasteiger partial charge in [-0.2, -0.15) is 0 Å². The third-order valence-electron chi connectivity index (χ3n) is 4.88. The number of halogens is 1. The van der Waals surface area contributed by atoms with Crippen LogP contribution in [0, 0.1) is 10.1 Å². The Kier molecular flexibility index (Phi) is 5.81. The van der Waals surface area contributed by atoms with Crippen LogP contribution in [0.25, 0.3) is 10.2 Å². The molecule has 0 spiro atoms. The summed E-state index contributed by atoms with van der Waals surface area (Å²) < 4.78 is 0. The van der Waals surface area contributed by atoms with E-state index in [0.717, 1.165) is 43.0 Å². The molecule has 1 atom stereocenters. The zero-order chi connectivity index (χ0) is 21.4. The van der Waals surface area contributed by atoms with Crippen molar-refractivity contribution in [3.63, 3.8) is 0 Å². The van der Waals surface area contributed by atoms with Gasteiger partial charge in [0.25, 0.3) is 11.2 Å². The number of amides is 1. The van der Waals surface area contributed by atoms with E-state index in [1.807, 2.05) is 0 Å². The molecule has 1 aromatic carbocycles. The number of aromatic amines is 1. The topological polar surface area (TPSA) is 118 Å². The quantitative estimate of drug-likeness (QED) is 0.247. The number of hydrogen-bond acceptors (Lipinski definition) is 7. The molecule has 0 radical (unpaired) electrons. The van der Waals surface area contributed by atoms with Crippen molar-refractivity contribution in [2.45, 2.75) is 43.0 Å². The van der Waals surface area contributed by atoms with Gasteiger partial charge in [-0.05, 0) is 44.2 Å². The number of nitrogens with one attached hydrogen (secondary N) is 2. The number of nitro groups is 1. The average Bonchev–Trinajstić information content (AvgIpc) is 3.08. The molecule has 8 nitrogen and oxygen atoms in total. The lowest BCUT2D eigenvalue weighted by atomic mass is 9.97. The predicted molar refractivity (Wildman–Crippen MR) is 119 cm³/mol. The number of carbonyl (C=O) groups is 1. The lowest BCUT2D eigenvalue weighted by Crippen LogP contribution is -2.23. The first-order valence-electron chi connectivity index (χ1n) is 9.29. The highest BCUT2D eigenvalue weighted by molar-refractivity contribution is 8.00. The first-order chi connectivity index (χ1) is 14.3. The number of aromatic nitrogens is 2. The van der Waals surface area contributed by atoms with Gasteiger partial charge in [0.15, 0.2) is 5.16 Å². The lowest BCUT2D eigenvalue weighted by Gasteiger charge is -2.12. The van der Waals surface area contributed by atoms with E-state index in [4.69, 9.17) is 11.6 Å². The molecule has 11 heteroatoms. The summed E-state index contributed by atoms with van der Waals surface area (Å²) in [6.07, 6.45) is 4.09. The van der Waals surface area contributed by atoms with Gasteiger partial charge in [0, 0.05) is 17.0 Å². The summed E-state index contributed by atoms with van der Waals surface area (Å²) in [5.41, 5.74) is 1.06. The molecule has 4 rings (SSSR count). The van der Waals surface area contributed by atoms with Crippen LogP contribution in [0.4, 0.5) is 11.4 Å². The molecule has 2 heterocycles. The number of rotatable bonds is 5. The highest BCUT2D eigenvalue weighted by Crippen LogP contribution is 2.34. The van der Waals surface area contributed by atoms with E-state index in [1.165, 1.54) is 23.1 Å². The van der Waals surface area contributed by atoms with Gasteiger partial charge in [-0.25, -0.2) is 4.98 Å². The van der Waals surface area contributed by atoms with Crippen molar-refractivity contribution in [2.75, 3.05) is 5.32 Å². The summed E-state index contributed by atoms with van der Waals surface area (Å²) in [7, 11) is 0. The van der Waals surface area contributed by atoms with Crippen LogP contribution in [0.1, 0.15) is 30.2 Å². The Hall–Kier alpha value is -2.43. The van der Waals surface area contributed by atoms with E-state index in [9.17, 15) is 19.7 Å². The Labute approximate surface area is 184 Å². The maximum atomic E-state index is 12.6. The lowest BCUT2D eigenvalue weighted by molar-refractivity contribution is -0.384. The molecule has 2 N–H and O–H groups in total. The maximum Gasteiger partial charge on any atom is 0.271 e. The zero-order valence-electron chi connectivity index (χ0n) is 15.9. The molecule has 0 bridgehead atoms. The summed E-state index contributed by atoms with van der Waals surface area (Å²) in [4.78, 5) is 44.7. The number of thioether (sulfide) groups is 1. The van der Waals surface area contributed by atoms with E-state index in [2.05, 4.69) is 15.3 Å². The van der Waals surface area contributed by atoms with Crippen LogP contribution in [0.2, 0.25) is 5.02 Å². The molecule has 1 amide bonds. The van der Waals surface area contributed by atoms with Crippen LogP contribution < -0.4 is 10.9 Å². The average molecular weight is 465 g/mol. The fraction of sp³-hybridized carbons (Fsp3) is 0.316. The number of nitrogens with zero attached hydrogens (tertiary/aromatic N) is 2. The summed E-state index contributed by atoms with van der Waals surface area (Å²) >= 11 is 8.72. The molecule has 1 aliphatic rings. The van der Waals surface area contributed by atoms with Crippen LogP contribution in [-0.2, 0) is 17.6 Å². The number of thiophene rings is 1. The Balaban J connectivity index is 1.51. The minimum absolute atomic E-state index is 0.0758. The largest absolute Gasteiger partial charge is 0.324 e. The molecule has 0 fully saturated rings. The van der Waals surface area contributed by atoms with Crippen molar-refractivity contribution in [1.82, 2.24) is 9.97 Å². The molecule has 0 saturated carbocycles. The second kappa shape index (κ2) is 8.37. The monoisotopic (exact) mass is 464 g/mol. The van der Waals surface area contributed by atoms with E-state index >= 15 is 0 Å². The number of carbonyl (C=O) groups excluding carboxylic acids is 1. The molecule has 0 aliphatic heterocycles. The third kappa shape index (κ3) is 4.07. The predicted octanol–water partition coefficient (Wildman–Crippen LogP) is 4.54. The van der Waals surface area contributed by atoms with Gasteiger partial charge in [0.2, 0.25) is 5.91 Å². The van der Waals surface area contributed by atoms with Crippen LogP contribution in [0.15, 0.2) is 28.2 Å². The summed E-state index contributed by atoms with van der Waals surface area (Å²) in [6.45, 7) is 1.68. The smallest absolute Gasteiger partial charge is 0.271 e. The minimum atomic E-state index is -0.577. The number of hydrogen-bond donors (Lipinski definition) is 2. The second-order valence-corrected chi connectivity index (χ2v) is 9.75. The van der Waals surface area contributed by atoms with Gasteiger partial charge in [-0.15, -0.1) is 11.3 Å². The van der Waals surface area contributed by atoms with Crippen molar-refractivity contribution < 1.29 is 9.72 Å². The Morgan fingerprint density at radius 2 is 2.17 bits per heavy atom. The van der Waals surface area contributed by atoms with E-state index in [0.29, 0.717) is 15.4 Å². The molecule has 3 aromatic rings. The van der Waals surface area contributed by atoms with Gasteiger partial charge in [0.1, 0.15) is 4.83 Å². The molecule has 1 unspecified atom stereocenters. The first kappa shape index (κ1) is 20.8. The van der Waals surface area contributed by atoms with Crippen molar-refractivity contribution in [3.05, 3.63) is 54.1 Å². The van der Waals surface area contributed by atoms with E-state index in [-0.39, 0.29) is 27.9 Å². The van der Waals surface area contributed by atoms with Crippen molar-refractivity contribution in [2.24, 2.45) is 0 Å². The first-order valence-corrected chi connectivity index (χ1v) is 11.4. The molecular formula is C19H17ClN4O4S2. The van der Waals surface area contributed by atoms with Gasteiger partial charge in [-0.3, -0.25) is 19.7 Å². The molecule has 1 aliphatic carbocycles. The standard InChI is InChI=1S/C19H17ClN4O4S2/c1-9(16(25)21-13-7-6-10(24(27)28)8-12(13)20)29-19-22-17(26)15-11-4-2-3-5-14(11)30-18(15)23-19/h6-9H,2-5H2,1H3,(H,21,25)(H,22,23,26). The van der Waals surface area contributed by atoms with Gasteiger partial charge >= 0.3 is 0 Å². The number of fused-ring (bicyclic) bond motifs is 3. The Morgan fingerprint density at radius 1 is 1.40 bits per heavy atom. The van der Waals surface area contributed by atoms with Gasteiger partial charge < -0.3 is 10.3 Å². The normalized spacial score (nSPS) is 14.3. The molecule has 0 saturated heterocycles. The van der Waals surface area contributed by atoms with Crippen molar-refractivity contribution in [1.29, 1.82) is 0 Å². The number of nitro benzene ring substituents is 1. The Bertz CT molecular complexity index is 1220. The Morgan fingerprint density at radius 3 is 2.90 bits per heavy atom. The van der Waals surface area contributed by atoms with E-state index in [1.54, 1.807) is 18.3 Å². The minimum Gasteiger partial charge on any atom is -0.324 e. The second-order valence-electron chi connectivity index (χ2n) is 6.93. The maximum absolute atomic E-state index is 12.6. The summed E-state index contributed by atoms with van der Waals surface area (Å²) in [5.74, 6) is -0.357. The molecule has 156 valence electrons. The SMILES string of the molecule is CC(Sc1nc2sc3c(c2c(=O)[nH]1)CCCC3)C(=O)Nc1ccc([N+](=O)[O-])cc1Cl. The van der Waals surface area contributed by atoms with Crippen molar-refractivity contribution in [3.8, 4) is 0 Å². The number of anilines is 1. The molecular weight excluding hydrogens is 448 g/mol. The van der Waals surface area contributed by atoms with Crippen LogP contribution in [0.5, 0.6) is 0 Å². The fourth-order valence-electron chi connectivity index (χ4n) is 3.37. The van der Waals surface area contributed by atoms with Crippen LogP contribution >= 0.6 is 34.7 Å². The molecule has 30 heavy (non-hydrogen) atoms. The van der Waals surface area contributed by atoms with Crippen molar-refractivity contribution >= 4 is 62.2 Å². The highest BCUT2D eigenvalue weighted by Gasteiger charge is 2.22. The summed E-state index contributed by atoms with van der Waals surface area (Å²) in [6, 6.07) is 3.84. The number of H-pyrrole nitrogens is 1. The highest BCUT2D eigenvalue weighted by atomic mass is 35.5. The third-order valence-corrected chi connectivity index (χ3v) is 7.36. The number of non-ortho nitro benzene ring substituents is 1. The van der Waals surface area contributed by atoms with Gasteiger partial charge in [0.05, 0.1) is 26.3 Å². The van der Waals surface area contributed by atoms with E-state index < -0.39 is 10.2 Å². The van der Waals surface area contributed by atoms with Crippen LogP contribution in [0.3, 0.4) is 0 Å². The number of aryl methyl sites for hydroxylation is 2. The van der Waals surface area contributed by atoms with Crippen LogP contribution in [-0.4, -0.2) is 26.0 Å². The number of benzene rings is 1. The molecule has 2 aromatic heterocycles. The fourth-order valence-corrected chi connectivity index (χ4v) is 5.71. The zero-order valence-corrected chi connectivity index (χ0v) is 18.2.